The molecular weight excluding hydrogens is 273 g/mol. The van der Waals surface area contributed by atoms with E-state index in [0.29, 0.717) is 18.8 Å². The topological polar surface area (TPSA) is 56.7 Å². The van der Waals surface area contributed by atoms with E-state index in [1.165, 1.54) is 12.1 Å². The summed E-state index contributed by atoms with van der Waals surface area (Å²) in [6, 6.07) is 2.70. The third-order valence-corrected chi connectivity index (χ3v) is 3.84. The van der Waals surface area contributed by atoms with Gasteiger partial charge in [0.1, 0.15) is 11.5 Å². The molecule has 1 saturated heterocycles. The van der Waals surface area contributed by atoms with Crippen molar-refractivity contribution in [1.29, 1.82) is 0 Å². The lowest BCUT2D eigenvalue weighted by atomic mass is 10.0. The number of ketones is 1. The van der Waals surface area contributed by atoms with E-state index in [4.69, 9.17) is 5.11 Å². The predicted molar refractivity (Wildman–Crippen MR) is 77.7 cm³/mol. The second-order valence-corrected chi connectivity index (χ2v) is 5.49. The molecule has 1 aromatic rings. The van der Waals surface area contributed by atoms with Crippen LogP contribution in [0.15, 0.2) is 18.3 Å². The highest BCUT2D eigenvalue weighted by atomic mass is 19.1. The van der Waals surface area contributed by atoms with Gasteiger partial charge >= 0.3 is 0 Å². The molecule has 1 fully saturated rings. The zero-order valence-electron chi connectivity index (χ0n) is 12.3. The molecule has 2 rings (SSSR count). The maximum atomic E-state index is 12.8. The van der Waals surface area contributed by atoms with Crippen LogP contribution >= 0.6 is 0 Å². The highest BCUT2D eigenvalue weighted by Gasteiger charge is 2.22. The number of piperazine rings is 1. The molecule has 21 heavy (non-hydrogen) atoms. The lowest BCUT2D eigenvalue weighted by molar-refractivity contribution is 0.0804. The molecule has 116 valence electrons. The monoisotopic (exact) mass is 295 g/mol. The summed E-state index contributed by atoms with van der Waals surface area (Å²) in [5, 5.41) is 8.91. The number of pyridine rings is 1. The fourth-order valence-electron chi connectivity index (χ4n) is 2.58. The van der Waals surface area contributed by atoms with E-state index >= 15 is 0 Å². The molecule has 6 heteroatoms. The molecule has 1 unspecified atom stereocenters. The third kappa shape index (κ3) is 4.56. The molecule has 5 nitrogen and oxygen atoms in total. The minimum atomic E-state index is -0.431. The summed E-state index contributed by atoms with van der Waals surface area (Å²) in [7, 11) is 0. The number of aliphatic hydroxyl groups is 1. The molecule has 1 atom stereocenters. The van der Waals surface area contributed by atoms with Crippen LogP contribution in [-0.4, -0.2) is 71.5 Å². The Hall–Kier alpha value is -1.37. The van der Waals surface area contributed by atoms with Crippen LogP contribution in [0.25, 0.3) is 0 Å². The summed E-state index contributed by atoms with van der Waals surface area (Å²) < 4.78 is 12.8. The molecule has 0 bridgehead atoms. The molecule has 0 amide bonds. The summed E-state index contributed by atoms with van der Waals surface area (Å²) in [5.41, 5.74) is 0.322. The summed E-state index contributed by atoms with van der Waals surface area (Å²) in [5.74, 6) is -0.639. The first-order valence-corrected chi connectivity index (χ1v) is 7.31. The van der Waals surface area contributed by atoms with E-state index in [9.17, 15) is 9.18 Å². The lowest BCUT2D eigenvalue weighted by Gasteiger charge is -2.35. The van der Waals surface area contributed by atoms with Crippen molar-refractivity contribution in [3.05, 3.63) is 29.8 Å². The van der Waals surface area contributed by atoms with E-state index in [1.807, 2.05) is 6.92 Å². The fraction of sp³-hybridized carbons (Fsp3) is 0.600. The Morgan fingerprint density at radius 2 is 2.00 bits per heavy atom. The number of carbonyl (C=O) groups excluding carboxylic acids is 1. The van der Waals surface area contributed by atoms with Gasteiger partial charge in [-0.1, -0.05) is 6.92 Å². The Kier molecular flexibility index (Phi) is 5.78. The number of aliphatic hydroxyl groups excluding tert-OH is 1. The number of nitrogens with zero attached hydrogens (tertiary/aromatic N) is 3. The Labute approximate surface area is 124 Å². The summed E-state index contributed by atoms with van der Waals surface area (Å²) in [6.45, 7) is 7.08. The van der Waals surface area contributed by atoms with E-state index in [1.54, 1.807) is 0 Å². The molecule has 0 spiro atoms. The van der Waals surface area contributed by atoms with Crippen molar-refractivity contribution >= 4 is 5.78 Å². The quantitative estimate of drug-likeness (QED) is 0.781. The summed E-state index contributed by atoms with van der Waals surface area (Å²) in [6.07, 6.45) is 1.08. The van der Waals surface area contributed by atoms with E-state index in [2.05, 4.69) is 14.8 Å². The molecule has 1 N–H and O–H groups in total. The molecule has 1 aliphatic heterocycles. The maximum Gasteiger partial charge on any atom is 0.185 e. The molecule has 0 aliphatic carbocycles. The second-order valence-electron chi connectivity index (χ2n) is 5.49. The van der Waals surface area contributed by atoms with Crippen molar-refractivity contribution in [2.45, 2.75) is 6.92 Å². The third-order valence-electron chi connectivity index (χ3n) is 3.84. The van der Waals surface area contributed by atoms with Crippen LogP contribution in [0.5, 0.6) is 0 Å². The van der Waals surface area contributed by atoms with Crippen molar-refractivity contribution in [2.24, 2.45) is 5.92 Å². The van der Waals surface area contributed by atoms with Gasteiger partial charge in [0.25, 0.3) is 0 Å². The highest BCUT2D eigenvalue weighted by molar-refractivity contribution is 5.95. The molecule has 1 aliphatic rings. The first kappa shape index (κ1) is 16.0. The van der Waals surface area contributed by atoms with Crippen molar-refractivity contribution in [3.63, 3.8) is 0 Å². The smallest absolute Gasteiger partial charge is 0.185 e. The van der Waals surface area contributed by atoms with Crippen molar-refractivity contribution in [1.82, 2.24) is 14.8 Å². The van der Waals surface area contributed by atoms with Crippen molar-refractivity contribution < 1.29 is 14.3 Å². The normalized spacial score (nSPS) is 18.6. The SMILES string of the molecule is CC(CN1CCN(CCO)CC1)C(=O)c1ccc(F)cn1. The fourth-order valence-corrected chi connectivity index (χ4v) is 2.58. The number of hydrogen-bond acceptors (Lipinski definition) is 5. The minimum absolute atomic E-state index is 0.0483. The molecule has 0 aromatic carbocycles. The van der Waals surface area contributed by atoms with Gasteiger partial charge in [0.2, 0.25) is 0 Å². The zero-order chi connectivity index (χ0) is 15.2. The molecule has 1 aromatic heterocycles. The van der Waals surface area contributed by atoms with E-state index in [-0.39, 0.29) is 18.3 Å². The Morgan fingerprint density at radius 3 is 2.57 bits per heavy atom. The largest absolute Gasteiger partial charge is 0.395 e. The molecule has 2 heterocycles. The van der Waals surface area contributed by atoms with E-state index in [0.717, 1.165) is 32.4 Å². The average molecular weight is 295 g/mol. The standard InChI is InChI=1S/C15H22FN3O2/c1-12(15(21)14-3-2-13(16)10-17-14)11-19-6-4-18(5-7-19)8-9-20/h2-3,10,12,20H,4-9,11H2,1H3. The number of β-amino-alcohol motifs (C(OH)–C–C–N with tert-alkyl or cyclic N) is 1. The van der Waals surface area contributed by atoms with Gasteiger partial charge in [-0.05, 0) is 12.1 Å². The Morgan fingerprint density at radius 1 is 1.33 bits per heavy atom. The van der Waals surface area contributed by atoms with Gasteiger partial charge in [-0.3, -0.25) is 14.7 Å². The van der Waals surface area contributed by atoms with Gasteiger partial charge in [-0.2, -0.15) is 0 Å². The maximum absolute atomic E-state index is 12.8. The molecule has 0 radical (unpaired) electrons. The number of Topliss-reactive ketones (excluding diaryl/α,β-unsaturated/α-hetero) is 1. The van der Waals surface area contributed by atoms with Crippen LogP contribution in [-0.2, 0) is 0 Å². The number of rotatable bonds is 6. The van der Waals surface area contributed by atoms with Gasteiger partial charge in [-0.15, -0.1) is 0 Å². The number of aromatic nitrogens is 1. The average Bonchev–Trinajstić information content (AvgIpc) is 2.49. The molecular formula is C15H22FN3O2. The van der Waals surface area contributed by atoms with Crippen LogP contribution in [0.1, 0.15) is 17.4 Å². The van der Waals surface area contributed by atoms with Gasteiger partial charge < -0.3 is 10.0 Å². The van der Waals surface area contributed by atoms with Crippen molar-refractivity contribution in [3.8, 4) is 0 Å². The van der Waals surface area contributed by atoms with Crippen LogP contribution in [0.4, 0.5) is 4.39 Å². The Balaban J connectivity index is 1.83. The molecule has 0 saturated carbocycles. The lowest BCUT2D eigenvalue weighted by Crippen LogP contribution is -2.48. The summed E-state index contributed by atoms with van der Waals surface area (Å²) in [4.78, 5) is 20.6. The number of halogens is 1. The van der Waals surface area contributed by atoms with Crippen molar-refractivity contribution in [2.75, 3.05) is 45.9 Å². The Bertz CT molecular complexity index is 458. The number of hydrogen-bond donors (Lipinski definition) is 1. The first-order valence-electron chi connectivity index (χ1n) is 7.31. The zero-order valence-corrected chi connectivity index (χ0v) is 12.3. The van der Waals surface area contributed by atoms with Gasteiger partial charge in [0.05, 0.1) is 12.8 Å². The second kappa shape index (κ2) is 7.59. The van der Waals surface area contributed by atoms with Crippen LogP contribution < -0.4 is 0 Å². The van der Waals surface area contributed by atoms with Crippen LogP contribution in [0, 0.1) is 11.7 Å². The van der Waals surface area contributed by atoms with Gasteiger partial charge in [0.15, 0.2) is 5.78 Å². The predicted octanol–water partition coefficient (Wildman–Crippen LogP) is 0.649. The first-order chi connectivity index (χ1) is 10.1. The van der Waals surface area contributed by atoms with Gasteiger partial charge in [-0.25, -0.2) is 4.39 Å². The number of carbonyl (C=O) groups is 1. The van der Waals surface area contributed by atoms with Crippen LogP contribution in [0.2, 0.25) is 0 Å². The minimum Gasteiger partial charge on any atom is -0.395 e. The van der Waals surface area contributed by atoms with Gasteiger partial charge in [0, 0.05) is 45.2 Å². The van der Waals surface area contributed by atoms with E-state index < -0.39 is 5.82 Å². The summed E-state index contributed by atoms with van der Waals surface area (Å²) >= 11 is 0. The van der Waals surface area contributed by atoms with Crippen LogP contribution in [0.3, 0.4) is 0 Å². The highest BCUT2D eigenvalue weighted by Crippen LogP contribution is 2.11.